The first-order valence-electron chi connectivity index (χ1n) is 3.71. The van der Waals surface area contributed by atoms with Crippen LogP contribution in [0.15, 0.2) is 0 Å². The van der Waals surface area contributed by atoms with E-state index in [9.17, 15) is 9.90 Å². The lowest BCUT2D eigenvalue weighted by Crippen LogP contribution is -2.43. The third-order valence-corrected chi connectivity index (χ3v) is 2.29. The maximum absolute atomic E-state index is 10.5. The molecule has 1 rings (SSSR count). The minimum atomic E-state index is -1.57. The van der Waals surface area contributed by atoms with Gasteiger partial charge >= 0.3 is 5.97 Å². The van der Waals surface area contributed by atoms with Gasteiger partial charge in [0.1, 0.15) is 0 Å². The van der Waals surface area contributed by atoms with Gasteiger partial charge in [0, 0.05) is 12.5 Å². The first kappa shape index (κ1) is 8.49. The third kappa shape index (κ3) is 1.52. The average Bonchev–Trinajstić information content (AvgIpc) is 2.37. The molecular weight excluding hydrogens is 146 g/mol. The van der Waals surface area contributed by atoms with E-state index in [0.717, 1.165) is 13.0 Å². The molecule has 0 aliphatic carbocycles. The molecule has 4 heteroatoms. The summed E-state index contributed by atoms with van der Waals surface area (Å²) in [6.07, 6.45) is 0.735. The molecule has 4 nitrogen and oxygen atoms in total. The van der Waals surface area contributed by atoms with Crippen LogP contribution in [0.1, 0.15) is 13.3 Å². The molecule has 0 aromatic carbocycles. The van der Waals surface area contributed by atoms with Gasteiger partial charge < -0.3 is 15.5 Å². The Hall–Kier alpha value is -0.610. The summed E-state index contributed by atoms with van der Waals surface area (Å²) in [7, 11) is 0. The van der Waals surface area contributed by atoms with Gasteiger partial charge in [0.2, 0.25) is 0 Å². The van der Waals surface area contributed by atoms with E-state index in [0.29, 0.717) is 6.54 Å². The normalized spacial score (nSPS) is 29.8. The number of carboxylic acids is 1. The second-order valence-electron chi connectivity index (χ2n) is 3.14. The Morgan fingerprint density at radius 1 is 1.73 bits per heavy atom. The number of rotatable bonds is 2. The predicted octanol–water partition coefficient (Wildman–Crippen LogP) is -0.568. The van der Waals surface area contributed by atoms with E-state index in [2.05, 4.69) is 5.32 Å². The van der Waals surface area contributed by atoms with Crippen molar-refractivity contribution in [1.29, 1.82) is 0 Å². The predicted molar refractivity (Wildman–Crippen MR) is 39.2 cm³/mol. The average molecular weight is 159 g/mol. The zero-order chi connectivity index (χ0) is 8.48. The van der Waals surface area contributed by atoms with Crippen LogP contribution in [-0.4, -0.2) is 34.9 Å². The Balaban J connectivity index is 2.62. The Kier molecular flexibility index (Phi) is 2.15. The van der Waals surface area contributed by atoms with E-state index in [1.54, 1.807) is 0 Å². The van der Waals surface area contributed by atoms with E-state index >= 15 is 0 Å². The number of carboxylic acid groups (broad SMARTS) is 1. The molecule has 0 spiro atoms. The van der Waals surface area contributed by atoms with Crippen molar-refractivity contribution >= 4 is 5.97 Å². The van der Waals surface area contributed by atoms with Crippen LogP contribution in [0.2, 0.25) is 0 Å². The minimum absolute atomic E-state index is 0.153. The second kappa shape index (κ2) is 2.79. The minimum Gasteiger partial charge on any atom is -0.479 e. The molecule has 1 fully saturated rings. The van der Waals surface area contributed by atoms with E-state index in [1.165, 1.54) is 6.92 Å². The molecule has 0 saturated carbocycles. The summed E-state index contributed by atoms with van der Waals surface area (Å²) in [4.78, 5) is 10.5. The number of nitrogens with one attached hydrogen (secondary N) is 1. The van der Waals surface area contributed by atoms with Crippen molar-refractivity contribution < 1.29 is 15.0 Å². The van der Waals surface area contributed by atoms with Gasteiger partial charge in [-0.15, -0.1) is 0 Å². The standard InChI is InChI=1S/C7H13NO3/c1-7(11,6(9)10)5-2-3-8-4-5/h5,8,11H,2-4H2,1H3,(H,9,10)/t5-,7?/m0/s1. The first-order valence-corrected chi connectivity index (χ1v) is 3.71. The molecular formula is C7H13NO3. The van der Waals surface area contributed by atoms with Gasteiger partial charge in [-0.1, -0.05) is 0 Å². The molecule has 0 bridgehead atoms. The molecule has 64 valence electrons. The topological polar surface area (TPSA) is 69.6 Å². The van der Waals surface area contributed by atoms with Crippen molar-refractivity contribution in [2.75, 3.05) is 13.1 Å². The summed E-state index contributed by atoms with van der Waals surface area (Å²) in [5.41, 5.74) is -1.57. The molecule has 0 radical (unpaired) electrons. The first-order chi connectivity index (χ1) is 5.05. The van der Waals surface area contributed by atoms with Crippen LogP contribution in [0.3, 0.4) is 0 Å². The number of hydrogen-bond acceptors (Lipinski definition) is 3. The fraction of sp³-hybridized carbons (Fsp3) is 0.857. The highest BCUT2D eigenvalue weighted by molar-refractivity contribution is 5.77. The largest absolute Gasteiger partial charge is 0.479 e. The van der Waals surface area contributed by atoms with Crippen molar-refractivity contribution in [2.45, 2.75) is 18.9 Å². The summed E-state index contributed by atoms with van der Waals surface area (Å²) in [5, 5.41) is 21.1. The maximum atomic E-state index is 10.5. The lowest BCUT2D eigenvalue weighted by atomic mass is 9.89. The quantitative estimate of drug-likeness (QED) is 0.504. The fourth-order valence-corrected chi connectivity index (χ4v) is 1.31. The molecule has 1 saturated heterocycles. The van der Waals surface area contributed by atoms with Crippen LogP contribution >= 0.6 is 0 Å². The monoisotopic (exact) mass is 159 g/mol. The Labute approximate surface area is 65.2 Å². The molecule has 0 aromatic heterocycles. The molecule has 2 atom stereocenters. The molecule has 0 aromatic rings. The van der Waals surface area contributed by atoms with Crippen LogP contribution in [0.25, 0.3) is 0 Å². The lowest BCUT2D eigenvalue weighted by Gasteiger charge is -2.24. The van der Waals surface area contributed by atoms with Crippen LogP contribution in [0.5, 0.6) is 0 Å². The number of hydrogen-bond donors (Lipinski definition) is 3. The van der Waals surface area contributed by atoms with Gasteiger partial charge in [-0.05, 0) is 19.9 Å². The Morgan fingerprint density at radius 2 is 2.36 bits per heavy atom. The number of aliphatic carboxylic acids is 1. The number of aliphatic hydroxyl groups is 1. The molecule has 1 aliphatic heterocycles. The van der Waals surface area contributed by atoms with Crippen molar-refractivity contribution in [3.8, 4) is 0 Å². The molecule has 1 heterocycles. The van der Waals surface area contributed by atoms with Crippen molar-refractivity contribution in [3.63, 3.8) is 0 Å². The van der Waals surface area contributed by atoms with E-state index < -0.39 is 11.6 Å². The third-order valence-electron chi connectivity index (χ3n) is 2.29. The summed E-state index contributed by atoms with van der Waals surface area (Å²) >= 11 is 0. The van der Waals surface area contributed by atoms with Crippen LogP contribution in [-0.2, 0) is 4.79 Å². The van der Waals surface area contributed by atoms with E-state index in [4.69, 9.17) is 5.11 Å². The zero-order valence-corrected chi connectivity index (χ0v) is 6.50. The Morgan fingerprint density at radius 3 is 2.73 bits per heavy atom. The summed E-state index contributed by atoms with van der Waals surface area (Å²) < 4.78 is 0. The van der Waals surface area contributed by atoms with Crippen molar-refractivity contribution in [1.82, 2.24) is 5.32 Å². The molecule has 1 aliphatic rings. The van der Waals surface area contributed by atoms with Crippen molar-refractivity contribution in [3.05, 3.63) is 0 Å². The van der Waals surface area contributed by atoms with Gasteiger partial charge in [-0.25, -0.2) is 4.79 Å². The van der Waals surface area contributed by atoms with Gasteiger partial charge in [0.05, 0.1) is 0 Å². The van der Waals surface area contributed by atoms with Crippen LogP contribution < -0.4 is 5.32 Å². The fourth-order valence-electron chi connectivity index (χ4n) is 1.31. The smallest absolute Gasteiger partial charge is 0.335 e. The van der Waals surface area contributed by atoms with Gasteiger partial charge in [0.25, 0.3) is 0 Å². The molecule has 1 unspecified atom stereocenters. The van der Waals surface area contributed by atoms with Crippen LogP contribution in [0.4, 0.5) is 0 Å². The highest BCUT2D eigenvalue weighted by Crippen LogP contribution is 2.22. The lowest BCUT2D eigenvalue weighted by molar-refractivity contribution is -0.161. The maximum Gasteiger partial charge on any atom is 0.335 e. The highest BCUT2D eigenvalue weighted by Gasteiger charge is 2.40. The van der Waals surface area contributed by atoms with E-state index in [1.807, 2.05) is 0 Å². The summed E-state index contributed by atoms with van der Waals surface area (Å²) in [6.45, 7) is 2.75. The van der Waals surface area contributed by atoms with E-state index in [-0.39, 0.29) is 5.92 Å². The highest BCUT2D eigenvalue weighted by atomic mass is 16.4. The van der Waals surface area contributed by atoms with Crippen LogP contribution in [0, 0.1) is 5.92 Å². The molecule has 0 amide bonds. The molecule has 3 N–H and O–H groups in total. The van der Waals surface area contributed by atoms with Crippen molar-refractivity contribution in [2.24, 2.45) is 5.92 Å². The summed E-state index contributed by atoms with van der Waals surface area (Å²) in [5.74, 6) is -1.29. The SMILES string of the molecule is CC(O)(C(=O)O)[C@H]1CCNC1. The van der Waals surface area contributed by atoms with Gasteiger partial charge in [-0.3, -0.25) is 0 Å². The van der Waals surface area contributed by atoms with Gasteiger partial charge in [0.15, 0.2) is 5.60 Å². The number of carbonyl (C=O) groups is 1. The summed E-state index contributed by atoms with van der Waals surface area (Å²) in [6, 6.07) is 0. The molecule has 11 heavy (non-hydrogen) atoms. The van der Waals surface area contributed by atoms with Gasteiger partial charge in [-0.2, -0.15) is 0 Å². The zero-order valence-electron chi connectivity index (χ0n) is 6.50. The second-order valence-corrected chi connectivity index (χ2v) is 3.14. The Bertz CT molecular complexity index is 161.